The average molecular weight is 441 g/mol. The van der Waals surface area contributed by atoms with E-state index in [1.54, 1.807) is 24.4 Å². The molecular formula is C19H23NO9S. The van der Waals surface area contributed by atoms with E-state index in [2.05, 4.69) is 4.98 Å². The predicted octanol–water partition coefficient (Wildman–Crippen LogP) is 1.26. The number of pyridine rings is 1. The molecule has 0 aromatic carbocycles. The second-order valence-electron chi connectivity index (χ2n) is 6.35. The quantitative estimate of drug-likeness (QED) is 0.448. The van der Waals surface area contributed by atoms with E-state index in [1.807, 2.05) is 0 Å². The van der Waals surface area contributed by atoms with E-state index in [1.165, 1.54) is 27.7 Å². The number of rotatable bonds is 7. The molecule has 0 spiro atoms. The molecular weight excluding hydrogens is 418 g/mol. The summed E-state index contributed by atoms with van der Waals surface area (Å²) in [5, 5.41) is 0.554. The molecule has 1 aliphatic heterocycles. The largest absolute Gasteiger partial charge is 0.463 e. The molecule has 1 aromatic heterocycles. The van der Waals surface area contributed by atoms with Gasteiger partial charge in [-0.05, 0) is 12.1 Å². The molecule has 0 radical (unpaired) electrons. The van der Waals surface area contributed by atoms with Crippen LogP contribution in [0.1, 0.15) is 27.7 Å². The molecule has 0 N–H and O–H groups in total. The molecule has 1 aliphatic rings. The molecule has 0 bridgehead atoms. The van der Waals surface area contributed by atoms with Crippen LogP contribution in [0.2, 0.25) is 0 Å². The molecule has 1 unspecified atom stereocenters. The summed E-state index contributed by atoms with van der Waals surface area (Å²) in [4.78, 5) is 50.7. The maximum Gasteiger partial charge on any atom is 0.303 e. The van der Waals surface area contributed by atoms with E-state index in [0.29, 0.717) is 5.03 Å². The number of carbonyl (C=O) groups is 4. The van der Waals surface area contributed by atoms with Gasteiger partial charge in [0.05, 0.1) is 5.03 Å². The van der Waals surface area contributed by atoms with Gasteiger partial charge in [-0.1, -0.05) is 17.8 Å². The monoisotopic (exact) mass is 441 g/mol. The van der Waals surface area contributed by atoms with Gasteiger partial charge in [0.15, 0.2) is 23.7 Å². The van der Waals surface area contributed by atoms with Crippen molar-refractivity contribution in [3.8, 4) is 0 Å². The van der Waals surface area contributed by atoms with Crippen molar-refractivity contribution in [2.24, 2.45) is 0 Å². The van der Waals surface area contributed by atoms with Crippen LogP contribution in [0.3, 0.4) is 0 Å². The second kappa shape index (κ2) is 10.9. The Morgan fingerprint density at radius 1 is 0.900 bits per heavy atom. The van der Waals surface area contributed by atoms with E-state index in [-0.39, 0.29) is 6.61 Å². The minimum Gasteiger partial charge on any atom is -0.463 e. The first-order valence-corrected chi connectivity index (χ1v) is 9.93. The molecule has 10 nitrogen and oxygen atoms in total. The Hall–Kier alpha value is -2.66. The topological polar surface area (TPSA) is 127 Å². The van der Waals surface area contributed by atoms with Gasteiger partial charge in [-0.3, -0.25) is 19.2 Å². The number of nitrogens with zero attached hydrogens (tertiary/aromatic N) is 1. The van der Waals surface area contributed by atoms with Crippen molar-refractivity contribution in [3.05, 3.63) is 24.4 Å². The molecule has 0 saturated carbocycles. The molecule has 1 saturated heterocycles. The highest BCUT2D eigenvalue weighted by Gasteiger charge is 2.52. The molecule has 11 heteroatoms. The molecule has 164 valence electrons. The van der Waals surface area contributed by atoms with Crippen LogP contribution in [0, 0.1) is 0 Å². The van der Waals surface area contributed by atoms with E-state index in [9.17, 15) is 19.2 Å². The highest BCUT2D eigenvalue weighted by atomic mass is 32.2. The van der Waals surface area contributed by atoms with Crippen molar-refractivity contribution < 1.29 is 42.9 Å². The van der Waals surface area contributed by atoms with Crippen molar-refractivity contribution in [1.29, 1.82) is 0 Å². The Bertz CT molecular complexity index is 773. The number of hydrogen-bond donors (Lipinski definition) is 0. The predicted molar refractivity (Wildman–Crippen MR) is 102 cm³/mol. The molecule has 0 amide bonds. The number of thioether (sulfide) groups is 1. The normalized spacial score (nSPS) is 25.7. The third-order valence-electron chi connectivity index (χ3n) is 3.82. The first kappa shape index (κ1) is 23.6. The summed E-state index contributed by atoms with van der Waals surface area (Å²) < 4.78 is 27.1. The van der Waals surface area contributed by atoms with Gasteiger partial charge < -0.3 is 23.7 Å². The van der Waals surface area contributed by atoms with Gasteiger partial charge in [-0.2, -0.15) is 0 Å². The van der Waals surface area contributed by atoms with Crippen LogP contribution in [0.4, 0.5) is 0 Å². The number of ether oxygens (including phenoxy) is 5. The van der Waals surface area contributed by atoms with Crippen molar-refractivity contribution in [1.82, 2.24) is 4.98 Å². The van der Waals surface area contributed by atoms with Gasteiger partial charge in [0.1, 0.15) is 12.7 Å². The van der Waals surface area contributed by atoms with Gasteiger partial charge in [0, 0.05) is 33.9 Å². The maximum absolute atomic E-state index is 11.8. The summed E-state index contributed by atoms with van der Waals surface area (Å²) in [6, 6.07) is 5.22. The summed E-state index contributed by atoms with van der Waals surface area (Å²) >= 11 is 1.12. The SMILES string of the molecule is CC(=O)OC[C@H]1OC(Sc2ccccn2)[C@H](OC(C)=O)[C@@H](OC(C)=O)[C@@H]1OC(C)=O. The van der Waals surface area contributed by atoms with Crippen LogP contribution < -0.4 is 0 Å². The number of carbonyl (C=O) groups excluding carboxylic acids is 4. The third kappa shape index (κ3) is 6.99. The lowest BCUT2D eigenvalue weighted by atomic mass is 9.99. The lowest BCUT2D eigenvalue weighted by Gasteiger charge is -2.44. The second-order valence-corrected chi connectivity index (χ2v) is 7.47. The van der Waals surface area contributed by atoms with E-state index < -0.39 is 53.7 Å². The smallest absolute Gasteiger partial charge is 0.303 e. The van der Waals surface area contributed by atoms with Gasteiger partial charge in [0.25, 0.3) is 0 Å². The van der Waals surface area contributed by atoms with Gasteiger partial charge >= 0.3 is 23.9 Å². The van der Waals surface area contributed by atoms with Crippen LogP contribution >= 0.6 is 11.8 Å². The fraction of sp³-hybridized carbons (Fsp3) is 0.526. The molecule has 30 heavy (non-hydrogen) atoms. The summed E-state index contributed by atoms with van der Waals surface area (Å²) in [7, 11) is 0. The fourth-order valence-corrected chi connectivity index (χ4v) is 3.88. The third-order valence-corrected chi connectivity index (χ3v) is 4.92. The molecule has 2 rings (SSSR count). The summed E-state index contributed by atoms with van der Waals surface area (Å²) in [5.74, 6) is -2.57. The van der Waals surface area contributed by atoms with Crippen molar-refractivity contribution in [2.45, 2.75) is 62.6 Å². The Labute approximate surface area is 177 Å². The fourth-order valence-electron chi connectivity index (χ4n) is 2.82. The highest BCUT2D eigenvalue weighted by molar-refractivity contribution is 7.99. The van der Waals surface area contributed by atoms with Crippen molar-refractivity contribution >= 4 is 35.6 Å². The first-order chi connectivity index (χ1) is 14.2. The van der Waals surface area contributed by atoms with Crippen LogP contribution in [-0.4, -0.2) is 65.3 Å². The summed E-state index contributed by atoms with van der Waals surface area (Å²) in [5.41, 5.74) is -0.888. The van der Waals surface area contributed by atoms with Crippen LogP contribution in [0.25, 0.3) is 0 Å². The first-order valence-electron chi connectivity index (χ1n) is 9.05. The minimum absolute atomic E-state index is 0.267. The molecule has 1 fully saturated rings. The zero-order valence-corrected chi connectivity index (χ0v) is 17.7. The number of esters is 4. The van der Waals surface area contributed by atoms with E-state index in [4.69, 9.17) is 23.7 Å². The molecule has 5 atom stereocenters. The van der Waals surface area contributed by atoms with Gasteiger partial charge in [-0.25, -0.2) is 4.98 Å². The Balaban J connectivity index is 2.42. The van der Waals surface area contributed by atoms with Crippen molar-refractivity contribution in [2.75, 3.05) is 6.61 Å². The van der Waals surface area contributed by atoms with Gasteiger partial charge in [-0.15, -0.1) is 0 Å². The van der Waals surface area contributed by atoms with E-state index in [0.717, 1.165) is 11.8 Å². The van der Waals surface area contributed by atoms with Gasteiger partial charge in [0.2, 0.25) is 0 Å². The average Bonchev–Trinajstić information content (AvgIpc) is 2.64. The lowest BCUT2D eigenvalue weighted by molar-refractivity contribution is -0.237. The lowest BCUT2D eigenvalue weighted by Crippen LogP contribution is -2.61. The minimum atomic E-state index is -1.19. The van der Waals surface area contributed by atoms with Crippen LogP contribution in [-0.2, 0) is 42.9 Å². The van der Waals surface area contributed by atoms with Crippen LogP contribution in [0.15, 0.2) is 29.4 Å². The number of aromatic nitrogens is 1. The Morgan fingerprint density at radius 3 is 2.03 bits per heavy atom. The standard InChI is InChI=1S/C19H23NO9S/c1-10(21)25-9-14-16(26-11(2)22)17(27-12(3)23)18(28-13(4)24)19(29-14)30-15-7-5-6-8-20-15/h5-8,14,16-19H,9H2,1-4H3/t14-,16-,17+,18-,19?/m1/s1. The highest BCUT2D eigenvalue weighted by Crippen LogP contribution is 2.36. The number of hydrogen-bond acceptors (Lipinski definition) is 11. The summed E-state index contributed by atoms with van der Waals surface area (Å²) in [6.07, 6.45) is -2.87. The Kier molecular flexibility index (Phi) is 8.60. The molecule has 2 heterocycles. The van der Waals surface area contributed by atoms with E-state index >= 15 is 0 Å². The van der Waals surface area contributed by atoms with Crippen molar-refractivity contribution in [3.63, 3.8) is 0 Å². The zero-order chi connectivity index (χ0) is 22.3. The Morgan fingerprint density at radius 2 is 1.50 bits per heavy atom. The van der Waals surface area contributed by atoms with Crippen LogP contribution in [0.5, 0.6) is 0 Å². The molecule has 1 aromatic rings. The molecule has 0 aliphatic carbocycles. The zero-order valence-electron chi connectivity index (χ0n) is 16.9. The summed E-state index contributed by atoms with van der Waals surface area (Å²) in [6.45, 7) is 4.49. The maximum atomic E-state index is 11.8.